The van der Waals surface area contributed by atoms with Crippen LogP contribution in [0.3, 0.4) is 0 Å². The fourth-order valence-electron chi connectivity index (χ4n) is 0.641. The van der Waals surface area contributed by atoms with Gasteiger partial charge in [0.2, 0.25) is 0 Å². The average molecular weight is 457 g/mol. The van der Waals surface area contributed by atoms with Crippen LogP contribution in [-0.2, 0) is 28.1 Å². The molecule has 0 aliphatic heterocycles. The molecule has 6 nitrogen and oxygen atoms in total. The molecule has 0 fully saturated rings. The summed E-state index contributed by atoms with van der Waals surface area (Å²) in [6.07, 6.45) is 3.28. The van der Waals surface area contributed by atoms with Crippen molar-refractivity contribution in [2.75, 3.05) is 0 Å². The Bertz CT molecular complexity index is 419. The third-order valence-corrected chi connectivity index (χ3v) is 1.84. The summed E-state index contributed by atoms with van der Waals surface area (Å²) in [5.41, 5.74) is 1.80. The zero-order chi connectivity index (χ0) is 10.4. The van der Waals surface area contributed by atoms with E-state index < -0.39 is 0 Å². The minimum atomic E-state index is -0.387. The van der Waals surface area contributed by atoms with E-state index in [2.05, 4.69) is 9.97 Å². The maximum absolute atomic E-state index is 10.6. The minimum absolute atomic E-state index is 0. The van der Waals surface area contributed by atoms with Crippen LogP contribution in [0.1, 0.15) is 0 Å². The molecule has 2 rings (SSSR count). The number of thiazole rings is 1. The molecule has 0 bridgehead atoms. The molecule has 2 aromatic rings. The molecule has 0 amide bonds. The van der Waals surface area contributed by atoms with Crippen molar-refractivity contribution >= 4 is 11.3 Å². The van der Waals surface area contributed by atoms with Gasteiger partial charge < -0.3 is 28.2 Å². The summed E-state index contributed by atoms with van der Waals surface area (Å²) in [6, 6.07) is 1.07. The third-order valence-electron chi connectivity index (χ3n) is 1.32. The van der Waals surface area contributed by atoms with Crippen LogP contribution in [0.2, 0.25) is 0 Å². The Balaban J connectivity index is -0.000000216. The molecule has 98 valence electrons. The van der Waals surface area contributed by atoms with Crippen LogP contribution in [-0.4, -0.2) is 14.5 Å². The van der Waals surface area contributed by atoms with Gasteiger partial charge in [-0.05, 0) is 6.07 Å². The number of hydrogen-bond donors (Lipinski definition) is 2. The molecule has 0 saturated carbocycles. The van der Waals surface area contributed by atoms with Gasteiger partial charge in [-0.3, -0.25) is 10.4 Å². The van der Waals surface area contributed by atoms with Crippen LogP contribution >= 0.6 is 11.3 Å². The number of aryl methyl sites for hydroxylation is 1. The van der Waals surface area contributed by atoms with E-state index in [0.29, 0.717) is 0 Å². The van der Waals surface area contributed by atoms with Crippen molar-refractivity contribution in [3.05, 3.63) is 34.8 Å². The van der Waals surface area contributed by atoms with Gasteiger partial charge in [0.1, 0.15) is 5.49 Å². The molecule has 0 saturated heterocycles. The van der Waals surface area contributed by atoms with Crippen LogP contribution in [0, 0.1) is 5.41 Å². The van der Waals surface area contributed by atoms with Crippen molar-refractivity contribution < 1.29 is 38.6 Å². The van der Waals surface area contributed by atoms with E-state index >= 15 is 0 Å². The maximum Gasteiger partial charge on any atom is 2.00 e. The Morgan fingerprint density at radius 3 is 2.41 bits per heavy atom. The molecule has 2 aromatic heterocycles. The molecule has 0 unspecified atom stereocenters. The fourth-order valence-corrected chi connectivity index (χ4v) is 0.992. The van der Waals surface area contributed by atoms with Crippen molar-refractivity contribution in [2.24, 2.45) is 7.05 Å². The van der Waals surface area contributed by atoms with E-state index in [1.807, 2.05) is 5.38 Å². The van der Waals surface area contributed by atoms with E-state index in [1.54, 1.807) is 30.1 Å². The quantitative estimate of drug-likeness (QED) is 0.448. The van der Waals surface area contributed by atoms with Crippen molar-refractivity contribution in [1.29, 1.82) is 5.41 Å². The summed E-state index contributed by atoms with van der Waals surface area (Å²) in [5.74, 6) is 0. The minimum Gasteiger partial charge on any atom is -1.00 e. The first kappa shape index (κ1) is 21.5. The third kappa shape index (κ3) is 9.00. The van der Waals surface area contributed by atoms with Crippen LogP contribution < -0.4 is 29.2 Å². The van der Waals surface area contributed by atoms with Crippen molar-refractivity contribution in [3.8, 4) is 6.01 Å². The first-order chi connectivity index (χ1) is 6.70. The number of aromatic nitrogens is 3. The first-order valence-corrected chi connectivity index (χ1v) is 4.72. The predicted molar refractivity (Wildman–Crippen MR) is 55.6 cm³/mol. The van der Waals surface area contributed by atoms with Gasteiger partial charge in [-0.15, -0.1) is 11.3 Å². The average Bonchev–Trinajstić information content (AvgIpc) is 2.69. The normalized spacial score (nSPS) is 7.35. The Morgan fingerprint density at radius 1 is 1.47 bits per heavy atom. The largest absolute Gasteiger partial charge is 2.00 e. The number of halogens is 1. The predicted octanol–water partition coefficient (Wildman–Crippen LogP) is -2.72. The summed E-state index contributed by atoms with van der Waals surface area (Å²) in [5, 5.41) is 19.4. The van der Waals surface area contributed by atoms with Gasteiger partial charge in [-0.25, -0.2) is 4.98 Å². The van der Waals surface area contributed by atoms with E-state index in [0.717, 1.165) is 0 Å². The van der Waals surface area contributed by atoms with Crippen molar-refractivity contribution in [3.63, 3.8) is 0 Å². The summed E-state index contributed by atoms with van der Waals surface area (Å²) in [4.78, 5) is 7.09. The topological polar surface area (TPSA) is 113 Å². The van der Waals surface area contributed by atoms with Gasteiger partial charge in [0, 0.05) is 24.8 Å². The summed E-state index contributed by atoms with van der Waals surface area (Å²) in [6.45, 7) is 0. The summed E-state index contributed by atoms with van der Waals surface area (Å²) in [7, 11) is 1.59. The van der Waals surface area contributed by atoms with Crippen molar-refractivity contribution in [1.82, 2.24) is 20.7 Å². The molecule has 17 heavy (non-hydrogen) atoms. The second-order valence-corrected chi connectivity index (χ2v) is 3.14. The van der Waals surface area contributed by atoms with E-state index in [4.69, 9.17) is 5.41 Å². The zero-order valence-corrected chi connectivity index (χ0v) is 12.8. The zero-order valence-electron chi connectivity index (χ0n) is 8.95. The fraction of sp³-hybridized carbons (Fsp3) is 0.125. The van der Waals surface area contributed by atoms with Crippen molar-refractivity contribution in [2.45, 2.75) is 0 Å². The smallest absolute Gasteiger partial charge is 1.00 e. The monoisotopic (exact) mass is 456 g/mol. The second kappa shape index (κ2) is 11.7. The molecule has 0 aliphatic carbocycles. The molecule has 2 heterocycles. The maximum atomic E-state index is 10.6. The molecule has 0 atom stereocenters. The van der Waals surface area contributed by atoms with Gasteiger partial charge >= 0.3 is 21.1 Å². The molecule has 4 N–H and O–H groups in total. The van der Waals surface area contributed by atoms with Gasteiger partial charge in [0.15, 0.2) is 0 Å². The Morgan fingerprint density at radius 2 is 2.12 bits per heavy atom. The Hall–Kier alpha value is -0.752. The molecule has 9 heteroatoms. The molecule has 0 spiro atoms. The van der Waals surface area contributed by atoms with Crippen LogP contribution in [0.25, 0.3) is 0 Å². The first-order valence-electron chi connectivity index (χ1n) is 3.77. The van der Waals surface area contributed by atoms with E-state index in [1.165, 1.54) is 16.8 Å². The molecule has 0 aliphatic rings. The number of rotatable bonds is 0. The second-order valence-electron chi connectivity index (χ2n) is 2.38. The number of nitrogens with one attached hydrogen (secondary N) is 1. The molecular weight excluding hydrogens is 445 g/mol. The summed E-state index contributed by atoms with van der Waals surface area (Å²) >= 11 is 1.60. The molecule has 0 radical (unpaired) electrons. The van der Waals surface area contributed by atoms with Gasteiger partial charge in [-0.1, -0.05) is 0 Å². The molecular formula is C8H12ClN5OPtS. The van der Waals surface area contributed by atoms with Crippen LogP contribution in [0.5, 0.6) is 6.01 Å². The van der Waals surface area contributed by atoms with Gasteiger partial charge in [-0.2, -0.15) is 0 Å². The SMILES string of the molecule is Cn1ccc(=N)nc1[O-].N.[Cl-].[Pt+2].c1cscn1. The van der Waals surface area contributed by atoms with E-state index in [-0.39, 0.29) is 51.1 Å². The molecule has 0 aromatic carbocycles. The standard InChI is InChI=1S/C5H7N3O.C3H3NS.ClH.H3N.Pt/c1-8-3-2-4(6)7-5(8)9;1-2-5-3-4-1;;;/h2-3H,1H3,(H2,6,7,9);1-3H;1H;1H3;/q;;;;+2/p-2. The Labute approximate surface area is 124 Å². The van der Waals surface area contributed by atoms with Gasteiger partial charge in [0.05, 0.1) is 11.5 Å². The van der Waals surface area contributed by atoms with Gasteiger partial charge in [0.25, 0.3) is 0 Å². The number of nitrogens with zero attached hydrogens (tertiary/aromatic N) is 3. The Kier molecular flexibility index (Phi) is 14.8. The van der Waals surface area contributed by atoms with Crippen LogP contribution in [0.15, 0.2) is 29.4 Å². The van der Waals surface area contributed by atoms with Crippen LogP contribution in [0.4, 0.5) is 0 Å². The number of hydrogen-bond acceptors (Lipinski definition) is 6. The van der Waals surface area contributed by atoms with E-state index in [9.17, 15) is 5.11 Å². The summed E-state index contributed by atoms with van der Waals surface area (Å²) < 4.78 is 1.32.